The third-order valence-electron chi connectivity index (χ3n) is 5.53. The second kappa shape index (κ2) is 12.6. The van der Waals surface area contributed by atoms with Gasteiger partial charge in [0, 0.05) is 35.6 Å². The molecule has 5 heteroatoms. The number of carbonyl (C=O) groups is 2. The Hall–Kier alpha value is -3.05. The van der Waals surface area contributed by atoms with E-state index in [0.717, 1.165) is 21.6 Å². The maximum absolute atomic E-state index is 13.7. The molecule has 0 aliphatic heterocycles. The average molecular weight is 489 g/mol. The molecule has 0 aliphatic carbocycles. The summed E-state index contributed by atoms with van der Waals surface area (Å²) in [6, 6.07) is 27.6. The summed E-state index contributed by atoms with van der Waals surface area (Å²) in [5.41, 5.74) is 2.79. The third kappa shape index (κ3) is 8.91. The van der Waals surface area contributed by atoms with E-state index < -0.39 is 11.6 Å². The van der Waals surface area contributed by atoms with Crippen molar-refractivity contribution in [1.82, 2.24) is 10.2 Å². The highest BCUT2D eigenvalue weighted by Gasteiger charge is 2.32. The number of rotatable bonds is 10. The van der Waals surface area contributed by atoms with E-state index in [-0.39, 0.29) is 11.8 Å². The lowest BCUT2D eigenvalue weighted by atomic mass is 10.00. The van der Waals surface area contributed by atoms with E-state index in [2.05, 4.69) is 23.5 Å². The first-order valence-electron chi connectivity index (χ1n) is 12.1. The molecule has 1 N–H and O–H groups in total. The van der Waals surface area contributed by atoms with Gasteiger partial charge in [0.1, 0.15) is 6.04 Å². The molecular weight excluding hydrogens is 452 g/mol. The van der Waals surface area contributed by atoms with Crippen molar-refractivity contribution in [3.8, 4) is 0 Å². The van der Waals surface area contributed by atoms with Crippen molar-refractivity contribution in [2.75, 3.05) is 5.75 Å². The number of nitrogens with zero attached hydrogens (tertiary/aromatic N) is 1. The molecule has 0 saturated carbocycles. The molecule has 1 atom stereocenters. The van der Waals surface area contributed by atoms with Crippen LogP contribution >= 0.6 is 11.8 Å². The van der Waals surface area contributed by atoms with E-state index in [4.69, 9.17) is 0 Å². The topological polar surface area (TPSA) is 49.4 Å². The Labute approximate surface area is 214 Å². The molecule has 0 saturated heterocycles. The van der Waals surface area contributed by atoms with Crippen molar-refractivity contribution < 1.29 is 9.59 Å². The zero-order chi connectivity index (χ0) is 25.3. The van der Waals surface area contributed by atoms with E-state index in [0.29, 0.717) is 25.1 Å². The minimum atomic E-state index is -0.605. The molecule has 0 radical (unpaired) electrons. The van der Waals surface area contributed by atoms with Gasteiger partial charge < -0.3 is 10.2 Å². The van der Waals surface area contributed by atoms with Gasteiger partial charge in [-0.3, -0.25) is 9.59 Å². The molecule has 0 spiro atoms. The number of nitrogens with one attached hydrogen (secondary N) is 1. The molecule has 0 bridgehead atoms. The quantitative estimate of drug-likeness (QED) is 0.354. The van der Waals surface area contributed by atoms with Crippen molar-refractivity contribution in [3.05, 3.63) is 102 Å². The Morgan fingerprint density at radius 3 is 2.14 bits per heavy atom. The van der Waals surface area contributed by atoms with Crippen molar-refractivity contribution in [2.24, 2.45) is 0 Å². The van der Waals surface area contributed by atoms with Crippen LogP contribution in [0.15, 0.2) is 89.8 Å². The molecule has 0 heterocycles. The maximum atomic E-state index is 13.7. The van der Waals surface area contributed by atoms with Crippen LogP contribution in [0.5, 0.6) is 0 Å². The van der Waals surface area contributed by atoms with Crippen LogP contribution in [0.1, 0.15) is 43.9 Å². The Bertz CT molecular complexity index is 1090. The van der Waals surface area contributed by atoms with Gasteiger partial charge in [0.2, 0.25) is 11.8 Å². The van der Waals surface area contributed by atoms with Gasteiger partial charge in [-0.25, -0.2) is 0 Å². The van der Waals surface area contributed by atoms with E-state index in [1.807, 2.05) is 94.4 Å². The number of aryl methyl sites for hydroxylation is 1. The fraction of sp³-hybridized carbons (Fsp3) is 0.333. The van der Waals surface area contributed by atoms with Gasteiger partial charge in [0.05, 0.1) is 0 Å². The lowest BCUT2D eigenvalue weighted by Gasteiger charge is -2.34. The summed E-state index contributed by atoms with van der Waals surface area (Å²) in [7, 11) is 0. The smallest absolute Gasteiger partial charge is 0.243 e. The van der Waals surface area contributed by atoms with E-state index in [9.17, 15) is 9.59 Å². The Balaban J connectivity index is 1.87. The summed E-state index contributed by atoms with van der Waals surface area (Å²) in [6.45, 7) is 8.33. The SMILES string of the molecule is Cc1cccc(CN(C(=O)CCSc2ccccc2)C(Cc2ccccc2)C(=O)NC(C)(C)C)c1. The first kappa shape index (κ1) is 26.6. The molecule has 4 nitrogen and oxygen atoms in total. The lowest BCUT2D eigenvalue weighted by molar-refractivity contribution is -0.141. The zero-order valence-corrected chi connectivity index (χ0v) is 22.0. The summed E-state index contributed by atoms with van der Waals surface area (Å²) in [5.74, 6) is 0.518. The first-order chi connectivity index (χ1) is 16.7. The summed E-state index contributed by atoms with van der Waals surface area (Å²) in [4.78, 5) is 30.1. The van der Waals surface area contributed by atoms with Crippen molar-refractivity contribution in [1.29, 1.82) is 0 Å². The number of thioether (sulfide) groups is 1. The van der Waals surface area contributed by atoms with Crippen LogP contribution in [0.4, 0.5) is 0 Å². The van der Waals surface area contributed by atoms with Gasteiger partial charge in [-0.15, -0.1) is 11.8 Å². The number of amides is 2. The standard InChI is InChI=1S/C30H36N2O2S/c1-23-12-11-15-25(20-23)22-32(28(33)18-19-35-26-16-9-6-10-17-26)27(29(34)31-30(2,3)4)21-24-13-7-5-8-14-24/h5-17,20,27H,18-19,21-22H2,1-4H3,(H,31,34). The summed E-state index contributed by atoms with van der Waals surface area (Å²) < 4.78 is 0. The van der Waals surface area contributed by atoms with E-state index >= 15 is 0 Å². The van der Waals surface area contributed by atoms with Gasteiger partial charge in [-0.2, -0.15) is 0 Å². The minimum Gasteiger partial charge on any atom is -0.350 e. The van der Waals surface area contributed by atoms with Gasteiger partial charge in [0.25, 0.3) is 0 Å². The molecule has 3 aromatic rings. The molecular formula is C30H36N2O2S. The molecule has 3 aromatic carbocycles. The Kier molecular flexibility index (Phi) is 9.55. The van der Waals surface area contributed by atoms with Crippen molar-refractivity contribution in [2.45, 2.75) is 63.6 Å². The molecule has 184 valence electrons. The first-order valence-corrected chi connectivity index (χ1v) is 13.1. The van der Waals surface area contributed by atoms with Crippen molar-refractivity contribution >= 4 is 23.6 Å². The summed E-state index contributed by atoms with van der Waals surface area (Å²) >= 11 is 1.66. The maximum Gasteiger partial charge on any atom is 0.243 e. The van der Waals surface area contributed by atoms with Crippen LogP contribution < -0.4 is 5.32 Å². The Morgan fingerprint density at radius 1 is 0.886 bits per heavy atom. The molecule has 35 heavy (non-hydrogen) atoms. The molecule has 1 unspecified atom stereocenters. The third-order valence-corrected chi connectivity index (χ3v) is 6.55. The fourth-order valence-electron chi connectivity index (χ4n) is 3.93. The summed E-state index contributed by atoms with van der Waals surface area (Å²) in [5, 5.41) is 3.12. The number of hydrogen-bond donors (Lipinski definition) is 1. The van der Waals surface area contributed by atoms with Crippen LogP contribution in [0.2, 0.25) is 0 Å². The average Bonchev–Trinajstić information content (AvgIpc) is 2.81. The minimum absolute atomic E-state index is 0.0140. The second-order valence-corrected chi connectivity index (χ2v) is 11.0. The summed E-state index contributed by atoms with van der Waals surface area (Å²) in [6.07, 6.45) is 0.825. The predicted molar refractivity (Wildman–Crippen MR) is 145 cm³/mol. The molecule has 3 rings (SSSR count). The number of hydrogen-bond acceptors (Lipinski definition) is 3. The number of carbonyl (C=O) groups excluding carboxylic acids is 2. The van der Waals surface area contributed by atoms with Crippen LogP contribution in [0.25, 0.3) is 0 Å². The Morgan fingerprint density at radius 2 is 1.51 bits per heavy atom. The normalized spacial score (nSPS) is 12.1. The molecule has 2 amide bonds. The highest BCUT2D eigenvalue weighted by atomic mass is 32.2. The monoisotopic (exact) mass is 488 g/mol. The van der Waals surface area contributed by atoms with Crippen LogP contribution in [0, 0.1) is 6.92 Å². The largest absolute Gasteiger partial charge is 0.350 e. The second-order valence-electron chi connectivity index (χ2n) is 9.87. The van der Waals surface area contributed by atoms with Crippen LogP contribution in [-0.4, -0.2) is 34.0 Å². The lowest BCUT2D eigenvalue weighted by Crippen LogP contribution is -2.54. The molecule has 0 fully saturated rings. The van der Waals surface area contributed by atoms with Gasteiger partial charge in [-0.05, 0) is 51.0 Å². The van der Waals surface area contributed by atoms with Crippen LogP contribution in [0.3, 0.4) is 0 Å². The number of benzene rings is 3. The van der Waals surface area contributed by atoms with E-state index in [1.54, 1.807) is 16.7 Å². The van der Waals surface area contributed by atoms with Crippen LogP contribution in [-0.2, 0) is 22.6 Å². The van der Waals surface area contributed by atoms with E-state index in [1.165, 1.54) is 0 Å². The van der Waals surface area contributed by atoms with Crippen molar-refractivity contribution in [3.63, 3.8) is 0 Å². The fourth-order valence-corrected chi connectivity index (χ4v) is 4.79. The van der Waals surface area contributed by atoms with Gasteiger partial charge in [0.15, 0.2) is 0 Å². The highest BCUT2D eigenvalue weighted by Crippen LogP contribution is 2.21. The zero-order valence-electron chi connectivity index (χ0n) is 21.2. The molecule has 0 aliphatic rings. The highest BCUT2D eigenvalue weighted by molar-refractivity contribution is 7.99. The predicted octanol–water partition coefficient (Wildman–Crippen LogP) is 6.03. The van der Waals surface area contributed by atoms with Gasteiger partial charge >= 0.3 is 0 Å². The van der Waals surface area contributed by atoms with Gasteiger partial charge in [-0.1, -0.05) is 78.4 Å². The molecule has 0 aromatic heterocycles.